The molecule has 0 saturated carbocycles. The van der Waals surface area contributed by atoms with E-state index in [2.05, 4.69) is 15.6 Å². The fourth-order valence-corrected chi connectivity index (χ4v) is 4.51. The van der Waals surface area contributed by atoms with Crippen molar-refractivity contribution in [3.05, 3.63) is 69.9 Å². The van der Waals surface area contributed by atoms with E-state index < -0.39 is 0 Å². The molecule has 0 unspecified atom stereocenters. The highest BCUT2D eigenvalue weighted by Gasteiger charge is 2.33. The minimum atomic E-state index is -0.230. The van der Waals surface area contributed by atoms with Crippen molar-refractivity contribution in [2.75, 3.05) is 6.54 Å². The molecule has 1 aromatic carbocycles. The summed E-state index contributed by atoms with van der Waals surface area (Å²) >= 11 is 0. The fraction of sp³-hybridized carbons (Fsp3) is 0.391. The highest BCUT2D eigenvalue weighted by atomic mass is 16.5. The Morgan fingerprint density at radius 3 is 2.74 bits per heavy atom. The number of aromatic nitrogens is 3. The number of hydrogen-bond acceptors (Lipinski definition) is 5. The molecule has 1 aliphatic heterocycles. The number of carbonyl (C=O) groups is 2. The Hall–Kier alpha value is -3.42. The molecule has 31 heavy (non-hydrogen) atoms. The zero-order chi connectivity index (χ0) is 21.4. The van der Waals surface area contributed by atoms with Crippen LogP contribution in [0, 0.1) is 0 Å². The Bertz CT molecular complexity index is 1130. The second-order valence-electron chi connectivity index (χ2n) is 8.19. The van der Waals surface area contributed by atoms with Crippen molar-refractivity contribution < 1.29 is 14.1 Å². The lowest BCUT2D eigenvalue weighted by Gasteiger charge is -2.27. The minimum absolute atomic E-state index is 0.152. The van der Waals surface area contributed by atoms with Crippen molar-refractivity contribution in [1.29, 1.82) is 0 Å². The van der Waals surface area contributed by atoms with Gasteiger partial charge in [0.25, 0.3) is 11.8 Å². The SMILES string of the molecule is Cn1nc(C(=O)NCc2ccccc2)c2c1CCN(C(=O)c1onc3c1CCCC3)C2. The molecule has 1 N–H and O–H groups in total. The summed E-state index contributed by atoms with van der Waals surface area (Å²) in [7, 11) is 1.84. The third-order valence-corrected chi connectivity index (χ3v) is 6.19. The van der Waals surface area contributed by atoms with E-state index in [-0.39, 0.29) is 11.8 Å². The Kier molecular flexibility index (Phi) is 5.05. The van der Waals surface area contributed by atoms with Gasteiger partial charge >= 0.3 is 0 Å². The molecule has 3 aromatic rings. The molecule has 0 saturated heterocycles. The van der Waals surface area contributed by atoms with E-state index in [0.717, 1.165) is 53.8 Å². The third-order valence-electron chi connectivity index (χ3n) is 6.19. The minimum Gasteiger partial charge on any atom is -0.350 e. The Labute approximate surface area is 180 Å². The molecular formula is C23H25N5O3. The highest BCUT2D eigenvalue weighted by molar-refractivity contribution is 5.95. The molecule has 5 rings (SSSR count). The summed E-state index contributed by atoms with van der Waals surface area (Å²) in [6.07, 6.45) is 4.47. The van der Waals surface area contributed by atoms with E-state index in [4.69, 9.17) is 4.52 Å². The van der Waals surface area contributed by atoms with Gasteiger partial charge in [0, 0.05) is 43.4 Å². The van der Waals surface area contributed by atoms with Crippen LogP contribution in [0.15, 0.2) is 34.9 Å². The topological polar surface area (TPSA) is 93.3 Å². The Morgan fingerprint density at radius 2 is 1.90 bits per heavy atom. The van der Waals surface area contributed by atoms with Gasteiger partial charge in [-0.25, -0.2) is 0 Å². The van der Waals surface area contributed by atoms with E-state index >= 15 is 0 Å². The van der Waals surface area contributed by atoms with Gasteiger partial charge in [0.2, 0.25) is 5.76 Å². The molecule has 0 bridgehead atoms. The van der Waals surface area contributed by atoms with Gasteiger partial charge in [0.05, 0.1) is 12.2 Å². The molecule has 160 valence electrons. The maximum atomic E-state index is 13.2. The summed E-state index contributed by atoms with van der Waals surface area (Å²) in [6.45, 7) is 1.33. The van der Waals surface area contributed by atoms with Crippen LogP contribution in [0.4, 0.5) is 0 Å². The first kappa shape index (κ1) is 19.5. The van der Waals surface area contributed by atoms with Crippen molar-refractivity contribution in [1.82, 2.24) is 25.2 Å². The van der Waals surface area contributed by atoms with E-state index in [1.54, 1.807) is 9.58 Å². The third kappa shape index (κ3) is 3.62. The van der Waals surface area contributed by atoms with Crippen molar-refractivity contribution in [3.8, 4) is 0 Å². The first-order valence-electron chi connectivity index (χ1n) is 10.8. The van der Waals surface area contributed by atoms with Crippen molar-refractivity contribution >= 4 is 11.8 Å². The standard InChI is InChI=1S/C23H25N5O3/c1-27-19-11-12-28(23(30)21-16-9-5-6-10-18(16)26-31-21)14-17(19)20(25-27)22(29)24-13-15-7-3-2-4-8-15/h2-4,7-8H,5-6,9-14H2,1H3,(H,24,29). The maximum Gasteiger partial charge on any atom is 0.293 e. The molecule has 2 amide bonds. The van der Waals surface area contributed by atoms with Crippen molar-refractivity contribution in [2.45, 2.75) is 45.2 Å². The molecule has 0 atom stereocenters. The van der Waals surface area contributed by atoms with Crippen LogP contribution in [0.1, 0.15) is 62.0 Å². The monoisotopic (exact) mass is 419 g/mol. The van der Waals surface area contributed by atoms with Crippen LogP contribution >= 0.6 is 0 Å². The summed E-state index contributed by atoms with van der Waals surface area (Å²) in [4.78, 5) is 27.8. The number of nitrogens with one attached hydrogen (secondary N) is 1. The molecule has 8 heteroatoms. The van der Waals surface area contributed by atoms with E-state index in [0.29, 0.717) is 37.5 Å². The van der Waals surface area contributed by atoms with E-state index in [9.17, 15) is 9.59 Å². The Balaban J connectivity index is 1.35. The number of aryl methyl sites for hydroxylation is 2. The van der Waals surface area contributed by atoms with Crippen LogP contribution in [-0.4, -0.2) is 38.2 Å². The molecule has 8 nitrogen and oxygen atoms in total. The smallest absolute Gasteiger partial charge is 0.293 e. The van der Waals surface area contributed by atoms with Crippen LogP contribution in [-0.2, 0) is 39.4 Å². The van der Waals surface area contributed by atoms with Crippen LogP contribution < -0.4 is 5.32 Å². The largest absolute Gasteiger partial charge is 0.350 e. The normalized spacial score (nSPS) is 15.3. The predicted molar refractivity (Wildman–Crippen MR) is 112 cm³/mol. The maximum absolute atomic E-state index is 13.2. The van der Waals surface area contributed by atoms with Crippen LogP contribution in [0.2, 0.25) is 0 Å². The van der Waals surface area contributed by atoms with Gasteiger partial charge < -0.3 is 14.7 Å². The second-order valence-corrected chi connectivity index (χ2v) is 8.19. The molecule has 0 radical (unpaired) electrons. The number of carbonyl (C=O) groups excluding carboxylic acids is 2. The molecule has 0 spiro atoms. The van der Waals surface area contributed by atoms with Gasteiger partial charge in [-0.1, -0.05) is 35.5 Å². The summed E-state index contributed by atoms with van der Waals surface area (Å²) < 4.78 is 7.20. The molecule has 2 aromatic heterocycles. The van der Waals surface area contributed by atoms with Gasteiger partial charge in [0.1, 0.15) is 0 Å². The van der Waals surface area contributed by atoms with Gasteiger partial charge in [-0.15, -0.1) is 0 Å². The van der Waals surface area contributed by atoms with Crippen molar-refractivity contribution in [3.63, 3.8) is 0 Å². The van der Waals surface area contributed by atoms with Crippen LogP contribution in [0.25, 0.3) is 0 Å². The van der Waals surface area contributed by atoms with Crippen LogP contribution in [0.5, 0.6) is 0 Å². The molecular weight excluding hydrogens is 394 g/mol. The van der Waals surface area contributed by atoms with Gasteiger partial charge in [-0.05, 0) is 31.2 Å². The average molecular weight is 419 g/mol. The highest BCUT2D eigenvalue weighted by Crippen LogP contribution is 2.28. The summed E-state index contributed by atoms with van der Waals surface area (Å²) in [5.74, 6) is -0.0232. The van der Waals surface area contributed by atoms with Crippen molar-refractivity contribution in [2.24, 2.45) is 7.05 Å². The molecule has 0 fully saturated rings. The summed E-state index contributed by atoms with van der Waals surface area (Å²) in [6, 6.07) is 9.75. The predicted octanol–water partition coefficient (Wildman–Crippen LogP) is 2.42. The van der Waals surface area contributed by atoms with Gasteiger partial charge in [-0.3, -0.25) is 14.3 Å². The van der Waals surface area contributed by atoms with Gasteiger partial charge in [-0.2, -0.15) is 5.10 Å². The lowest BCUT2D eigenvalue weighted by Crippen LogP contribution is -2.37. The Morgan fingerprint density at radius 1 is 1.10 bits per heavy atom. The summed E-state index contributed by atoms with van der Waals surface area (Å²) in [5, 5.41) is 11.5. The first-order chi connectivity index (χ1) is 15.1. The van der Waals surface area contributed by atoms with Crippen LogP contribution in [0.3, 0.4) is 0 Å². The molecule has 3 heterocycles. The molecule has 2 aliphatic rings. The lowest BCUT2D eigenvalue weighted by atomic mass is 9.95. The number of fused-ring (bicyclic) bond motifs is 2. The first-order valence-corrected chi connectivity index (χ1v) is 10.8. The number of rotatable bonds is 4. The lowest BCUT2D eigenvalue weighted by molar-refractivity contribution is 0.0687. The number of amides is 2. The molecule has 1 aliphatic carbocycles. The van der Waals surface area contributed by atoms with Gasteiger partial charge in [0.15, 0.2) is 5.69 Å². The average Bonchev–Trinajstić information content (AvgIpc) is 3.39. The number of hydrogen-bond donors (Lipinski definition) is 1. The van der Waals surface area contributed by atoms with E-state index in [1.807, 2.05) is 37.4 Å². The quantitative estimate of drug-likeness (QED) is 0.701. The fourth-order valence-electron chi connectivity index (χ4n) is 4.51. The van der Waals surface area contributed by atoms with E-state index in [1.165, 1.54) is 0 Å². The zero-order valence-electron chi connectivity index (χ0n) is 17.6. The number of nitrogens with zero attached hydrogens (tertiary/aromatic N) is 4. The second kappa shape index (κ2) is 8.02. The zero-order valence-corrected chi connectivity index (χ0v) is 17.6. The summed E-state index contributed by atoms with van der Waals surface area (Å²) in [5.41, 5.74) is 5.07. The number of benzene rings is 1.